The maximum Gasteiger partial charge on any atom is 0.422 e. The van der Waals surface area contributed by atoms with Gasteiger partial charge in [-0.25, -0.2) is 21.6 Å². The van der Waals surface area contributed by atoms with Crippen molar-refractivity contribution in [3.63, 3.8) is 0 Å². The number of hydrogen-bond donors (Lipinski definition) is 0. The van der Waals surface area contributed by atoms with Crippen molar-refractivity contribution in [2.75, 3.05) is 20.8 Å². The van der Waals surface area contributed by atoms with Crippen LogP contribution < -0.4 is 4.74 Å². The smallest absolute Gasteiger partial charge is 0.422 e. The summed E-state index contributed by atoms with van der Waals surface area (Å²) in [7, 11) is -1.64. The summed E-state index contributed by atoms with van der Waals surface area (Å²) < 4.78 is 92.1. The molecule has 8 nitrogen and oxygen atoms in total. The standard InChI is InChI=1S/C31H31F4N3O5S/c1-30(2,3)28(37(4)29(39)42-5)22-15-27(25-11-6-7-12-26(25)32)38(18-22)44(40,41)24-10-8-9-20(14-24)21-13-23(17-36-16-21)43-19-31(33,34)35/h6-18,28H,19H2,1-5H3. The number of benzene rings is 2. The number of nitrogens with zero attached hydrogens (tertiary/aromatic N) is 3. The third kappa shape index (κ3) is 7.04. The lowest BCUT2D eigenvalue weighted by atomic mass is 9.82. The fourth-order valence-electron chi connectivity index (χ4n) is 5.00. The van der Waals surface area contributed by atoms with Crippen molar-refractivity contribution >= 4 is 16.1 Å². The van der Waals surface area contributed by atoms with E-state index in [0.717, 1.165) is 10.2 Å². The largest absolute Gasteiger partial charge is 0.482 e. The summed E-state index contributed by atoms with van der Waals surface area (Å²) in [5.74, 6) is -0.800. The molecule has 2 heterocycles. The van der Waals surface area contributed by atoms with Gasteiger partial charge in [0.1, 0.15) is 11.6 Å². The van der Waals surface area contributed by atoms with Gasteiger partial charge in [0.2, 0.25) is 0 Å². The molecule has 13 heteroatoms. The molecule has 234 valence electrons. The van der Waals surface area contributed by atoms with E-state index in [4.69, 9.17) is 9.47 Å². The fraction of sp³-hybridized carbons (Fsp3) is 0.290. The van der Waals surface area contributed by atoms with Gasteiger partial charge in [-0.3, -0.25) is 4.98 Å². The molecule has 0 fully saturated rings. The summed E-state index contributed by atoms with van der Waals surface area (Å²) in [6.07, 6.45) is -1.36. The molecule has 0 saturated carbocycles. The van der Waals surface area contributed by atoms with Gasteiger partial charge in [0.25, 0.3) is 10.0 Å². The van der Waals surface area contributed by atoms with E-state index in [1.54, 1.807) is 12.1 Å². The Morgan fingerprint density at radius 1 is 1.00 bits per heavy atom. The zero-order valence-corrected chi connectivity index (χ0v) is 25.4. The molecule has 0 aliphatic heterocycles. The minimum atomic E-state index is -4.55. The van der Waals surface area contributed by atoms with Crippen molar-refractivity contribution in [2.24, 2.45) is 5.41 Å². The Morgan fingerprint density at radius 2 is 1.70 bits per heavy atom. The van der Waals surface area contributed by atoms with Gasteiger partial charge in [-0.05, 0) is 52.9 Å². The van der Waals surface area contributed by atoms with Gasteiger partial charge < -0.3 is 14.4 Å². The number of amides is 1. The normalized spacial score (nSPS) is 12.9. The monoisotopic (exact) mass is 633 g/mol. The van der Waals surface area contributed by atoms with Crippen LogP contribution >= 0.6 is 0 Å². The Bertz CT molecular complexity index is 1760. The third-order valence-corrected chi connectivity index (χ3v) is 8.45. The summed E-state index contributed by atoms with van der Waals surface area (Å²) in [6.45, 7) is 4.10. The number of rotatable bonds is 8. The molecule has 0 aliphatic rings. The molecule has 44 heavy (non-hydrogen) atoms. The highest BCUT2D eigenvalue weighted by atomic mass is 32.2. The van der Waals surface area contributed by atoms with Crippen molar-refractivity contribution in [1.29, 1.82) is 0 Å². The molecule has 0 bridgehead atoms. The minimum absolute atomic E-state index is 0.0191. The average molecular weight is 634 g/mol. The van der Waals surface area contributed by atoms with Crippen LogP contribution in [0.15, 0.2) is 84.1 Å². The van der Waals surface area contributed by atoms with Crippen LogP contribution in [0.25, 0.3) is 22.4 Å². The Hall–Kier alpha value is -4.39. The number of aromatic nitrogens is 2. The number of pyridine rings is 1. The third-order valence-electron chi connectivity index (χ3n) is 6.78. The van der Waals surface area contributed by atoms with Gasteiger partial charge in [0.05, 0.1) is 29.9 Å². The maximum atomic E-state index is 15.1. The van der Waals surface area contributed by atoms with E-state index in [1.807, 2.05) is 20.8 Å². The lowest BCUT2D eigenvalue weighted by Gasteiger charge is -2.36. The molecule has 2 aromatic carbocycles. The summed E-state index contributed by atoms with van der Waals surface area (Å²) >= 11 is 0. The molecular weight excluding hydrogens is 602 g/mol. The number of carbonyl (C=O) groups excluding carboxylic acids is 1. The van der Waals surface area contributed by atoms with Gasteiger partial charge in [0, 0.05) is 30.6 Å². The first kappa shape index (κ1) is 32.5. The lowest BCUT2D eigenvalue weighted by molar-refractivity contribution is -0.153. The van der Waals surface area contributed by atoms with Gasteiger partial charge >= 0.3 is 12.3 Å². The SMILES string of the molecule is COC(=O)N(C)C(c1cc(-c2ccccc2F)n(S(=O)(=O)c2cccc(-c3cncc(OCC(F)(F)F)c3)c2)c1)C(C)(C)C. The van der Waals surface area contributed by atoms with E-state index in [-0.39, 0.29) is 21.9 Å². The summed E-state index contributed by atoms with van der Waals surface area (Å²) in [4.78, 5) is 17.6. The topological polar surface area (TPSA) is 90.7 Å². The number of carbonyl (C=O) groups is 1. The van der Waals surface area contributed by atoms with Crippen molar-refractivity contribution in [3.8, 4) is 28.1 Å². The predicted octanol–water partition coefficient (Wildman–Crippen LogP) is 7.32. The summed E-state index contributed by atoms with van der Waals surface area (Å²) in [5, 5.41) is 0. The number of methoxy groups -OCH3 is 1. The van der Waals surface area contributed by atoms with Crippen molar-refractivity contribution in [1.82, 2.24) is 13.9 Å². The van der Waals surface area contributed by atoms with E-state index >= 15 is 4.39 Å². The van der Waals surface area contributed by atoms with Gasteiger partial charge in [-0.2, -0.15) is 13.2 Å². The Balaban J connectivity index is 1.86. The first-order valence-electron chi connectivity index (χ1n) is 13.3. The van der Waals surface area contributed by atoms with Crippen LogP contribution in [0.1, 0.15) is 32.4 Å². The number of hydrogen-bond acceptors (Lipinski definition) is 6. The predicted molar refractivity (Wildman–Crippen MR) is 156 cm³/mol. The van der Waals surface area contributed by atoms with Crippen LogP contribution in [0, 0.1) is 11.2 Å². The molecule has 0 radical (unpaired) electrons. The van der Waals surface area contributed by atoms with E-state index in [2.05, 4.69) is 4.98 Å². The van der Waals surface area contributed by atoms with Crippen LogP contribution in [0.5, 0.6) is 5.75 Å². The molecule has 0 spiro atoms. The van der Waals surface area contributed by atoms with Crippen LogP contribution in [-0.2, 0) is 14.8 Å². The quantitative estimate of drug-likeness (QED) is 0.189. The van der Waals surface area contributed by atoms with Crippen molar-refractivity contribution in [3.05, 3.63) is 90.6 Å². The highest BCUT2D eigenvalue weighted by molar-refractivity contribution is 7.90. The van der Waals surface area contributed by atoms with Crippen molar-refractivity contribution in [2.45, 2.75) is 37.9 Å². The Labute approximate surface area is 252 Å². The molecule has 2 aromatic heterocycles. The maximum absolute atomic E-state index is 15.1. The van der Waals surface area contributed by atoms with Crippen LogP contribution in [0.3, 0.4) is 0 Å². The second-order valence-electron chi connectivity index (χ2n) is 11.1. The molecule has 0 aliphatic carbocycles. The van der Waals surface area contributed by atoms with E-state index in [9.17, 15) is 26.4 Å². The number of alkyl halides is 3. The Kier molecular flexibility index (Phi) is 9.10. The van der Waals surface area contributed by atoms with Crippen LogP contribution in [0.4, 0.5) is 22.4 Å². The van der Waals surface area contributed by atoms with Crippen LogP contribution in [0.2, 0.25) is 0 Å². The summed E-state index contributed by atoms with van der Waals surface area (Å²) in [6, 6.07) is 13.6. The first-order chi connectivity index (χ1) is 20.5. The zero-order valence-electron chi connectivity index (χ0n) is 24.6. The number of halogens is 4. The lowest BCUT2D eigenvalue weighted by Crippen LogP contribution is -2.38. The first-order valence-corrected chi connectivity index (χ1v) is 14.8. The molecule has 0 saturated heterocycles. The van der Waals surface area contributed by atoms with Gasteiger partial charge in [-0.15, -0.1) is 0 Å². The molecule has 1 amide bonds. The zero-order chi connectivity index (χ0) is 32.4. The molecule has 0 N–H and O–H groups in total. The van der Waals surface area contributed by atoms with E-state index < -0.39 is 46.2 Å². The average Bonchev–Trinajstić information content (AvgIpc) is 3.40. The molecule has 1 atom stereocenters. The van der Waals surface area contributed by atoms with Gasteiger partial charge in [0.15, 0.2) is 6.61 Å². The molecular formula is C31H31F4N3O5S. The fourth-order valence-corrected chi connectivity index (χ4v) is 6.43. The Morgan fingerprint density at radius 3 is 2.34 bits per heavy atom. The molecule has 4 rings (SSSR count). The summed E-state index contributed by atoms with van der Waals surface area (Å²) in [5.41, 5.74) is 0.524. The molecule has 4 aromatic rings. The minimum Gasteiger partial charge on any atom is -0.482 e. The highest BCUT2D eigenvalue weighted by Gasteiger charge is 2.36. The van der Waals surface area contributed by atoms with Crippen molar-refractivity contribution < 1.29 is 40.2 Å². The second kappa shape index (κ2) is 12.3. The van der Waals surface area contributed by atoms with E-state index in [0.29, 0.717) is 16.7 Å². The van der Waals surface area contributed by atoms with Gasteiger partial charge in [-0.1, -0.05) is 45.0 Å². The molecule has 1 unspecified atom stereocenters. The highest BCUT2D eigenvalue weighted by Crippen LogP contribution is 2.41. The van der Waals surface area contributed by atoms with E-state index in [1.165, 1.54) is 80.0 Å². The van der Waals surface area contributed by atoms with Crippen LogP contribution in [-0.4, -0.2) is 55.3 Å². The second-order valence-corrected chi connectivity index (χ2v) is 12.9. The number of ether oxygens (including phenoxy) is 2.